The number of halogens is 2. The van der Waals surface area contributed by atoms with Crippen molar-refractivity contribution >= 4 is 11.6 Å². The van der Waals surface area contributed by atoms with Gasteiger partial charge in [0.2, 0.25) is 5.88 Å². The third kappa shape index (κ3) is 4.64. The molecule has 5 nitrogen and oxygen atoms in total. The molecule has 0 atom stereocenters. The zero-order chi connectivity index (χ0) is 16.9. The van der Waals surface area contributed by atoms with Crippen LogP contribution < -0.4 is 15.8 Å². The van der Waals surface area contributed by atoms with Gasteiger partial charge in [-0.1, -0.05) is 18.2 Å². The van der Waals surface area contributed by atoms with E-state index in [1.165, 1.54) is 25.3 Å². The van der Waals surface area contributed by atoms with Crippen LogP contribution in [0.25, 0.3) is 0 Å². The van der Waals surface area contributed by atoms with Crippen LogP contribution >= 0.6 is 0 Å². The molecule has 2 rings (SSSR count). The van der Waals surface area contributed by atoms with E-state index < -0.39 is 18.2 Å². The van der Waals surface area contributed by atoms with E-state index >= 15 is 0 Å². The molecule has 0 saturated carbocycles. The first-order chi connectivity index (χ1) is 10.9. The molecule has 122 valence electrons. The van der Waals surface area contributed by atoms with Crippen LogP contribution in [-0.4, -0.2) is 24.6 Å². The van der Waals surface area contributed by atoms with Crippen LogP contribution in [0.3, 0.4) is 0 Å². The van der Waals surface area contributed by atoms with Gasteiger partial charge in [-0.2, -0.15) is 8.78 Å². The molecule has 0 aliphatic carbocycles. The number of aromatic nitrogens is 1. The van der Waals surface area contributed by atoms with Gasteiger partial charge in [-0.3, -0.25) is 0 Å². The number of alkyl halides is 2. The van der Waals surface area contributed by atoms with Crippen LogP contribution in [0.4, 0.5) is 14.5 Å². The van der Waals surface area contributed by atoms with Crippen molar-refractivity contribution in [1.29, 1.82) is 0 Å². The Kier molecular flexibility index (Phi) is 5.10. The Hall–Kier alpha value is -2.70. The molecule has 0 radical (unpaired) electrons. The second kappa shape index (κ2) is 7.04. The summed E-state index contributed by atoms with van der Waals surface area (Å²) in [5, 5.41) is 2.78. The minimum absolute atomic E-state index is 0.0850. The largest absolute Gasteiger partial charge is 0.481 e. The fourth-order valence-corrected chi connectivity index (χ4v) is 1.91. The lowest BCUT2D eigenvalue weighted by Gasteiger charge is -2.14. The van der Waals surface area contributed by atoms with Crippen LogP contribution in [0.15, 0.2) is 47.5 Å². The molecule has 0 fully saturated rings. The molecule has 3 N–H and O–H groups in total. The van der Waals surface area contributed by atoms with Crippen molar-refractivity contribution in [3.63, 3.8) is 0 Å². The van der Waals surface area contributed by atoms with Crippen molar-refractivity contribution in [2.45, 2.75) is 12.8 Å². The van der Waals surface area contributed by atoms with Gasteiger partial charge in [0.15, 0.2) is 5.96 Å². The van der Waals surface area contributed by atoms with Crippen molar-refractivity contribution < 1.29 is 13.5 Å². The highest BCUT2D eigenvalue weighted by Gasteiger charge is 2.33. The van der Waals surface area contributed by atoms with E-state index in [0.29, 0.717) is 5.69 Å². The van der Waals surface area contributed by atoms with Crippen molar-refractivity contribution in [3.05, 3.63) is 53.7 Å². The van der Waals surface area contributed by atoms with Crippen LogP contribution in [0.2, 0.25) is 0 Å². The molecule has 0 amide bonds. The van der Waals surface area contributed by atoms with Gasteiger partial charge in [0.25, 0.3) is 0 Å². The van der Waals surface area contributed by atoms with Gasteiger partial charge in [-0.15, -0.1) is 0 Å². The summed E-state index contributed by atoms with van der Waals surface area (Å²) < 4.78 is 33.1. The molecule has 0 aliphatic heterocycles. The molecule has 1 aromatic heterocycles. The first-order valence-corrected chi connectivity index (χ1v) is 6.93. The van der Waals surface area contributed by atoms with Crippen LogP contribution in [-0.2, 0) is 5.92 Å². The maximum Gasteiger partial charge on any atom is 0.309 e. The summed E-state index contributed by atoms with van der Waals surface area (Å²) in [6.07, 6.45) is 0. The quantitative estimate of drug-likeness (QED) is 0.656. The predicted molar refractivity (Wildman–Crippen MR) is 86.0 cm³/mol. The molecule has 1 heterocycles. The van der Waals surface area contributed by atoms with Crippen molar-refractivity contribution in [2.75, 3.05) is 19.0 Å². The van der Waals surface area contributed by atoms with E-state index in [1.807, 2.05) is 25.1 Å². The third-order valence-electron chi connectivity index (χ3n) is 3.05. The van der Waals surface area contributed by atoms with E-state index in [4.69, 9.17) is 10.5 Å². The minimum Gasteiger partial charge on any atom is -0.481 e. The number of pyridine rings is 1. The number of rotatable bonds is 5. The fraction of sp³-hybridized carbons (Fsp3) is 0.250. The summed E-state index contributed by atoms with van der Waals surface area (Å²) in [5.41, 5.74) is 6.96. The molecule has 0 unspecified atom stereocenters. The summed E-state index contributed by atoms with van der Waals surface area (Å²) in [5.74, 6) is -3.21. The SMILES string of the molecule is COc1cccc(C(F)(F)CN=C(N)Nc2cccc(C)c2)n1. The third-order valence-corrected chi connectivity index (χ3v) is 3.05. The molecule has 2 aromatic rings. The number of guanidine groups is 1. The van der Waals surface area contributed by atoms with E-state index in [9.17, 15) is 8.78 Å². The Labute approximate surface area is 133 Å². The van der Waals surface area contributed by atoms with Gasteiger partial charge in [0.1, 0.15) is 12.2 Å². The Balaban J connectivity index is 2.07. The van der Waals surface area contributed by atoms with Crippen LogP contribution in [0.5, 0.6) is 5.88 Å². The fourth-order valence-electron chi connectivity index (χ4n) is 1.91. The van der Waals surface area contributed by atoms with Crippen molar-refractivity contribution in [2.24, 2.45) is 10.7 Å². The number of nitrogens with two attached hydrogens (primary N) is 1. The number of nitrogens with one attached hydrogen (secondary N) is 1. The van der Waals surface area contributed by atoms with E-state index in [2.05, 4.69) is 15.3 Å². The normalized spacial score (nSPS) is 12.1. The maximum atomic E-state index is 14.1. The molecule has 0 spiro atoms. The molecular formula is C16H18F2N4O. The number of benzene rings is 1. The lowest BCUT2D eigenvalue weighted by molar-refractivity contribution is 0.00147. The highest BCUT2D eigenvalue weighted by Crippen LogP contribution is 2.27. The van der Waals surface area contributed by atoms with E-state index in [1.54, 1.807) is 6.07 Å². The average Bonchev–Trinajstić information content (AvgIpc) is 2.53. The lowest BCUT2D eigenvalue weighted by atomic mass is 10.2. The van der Waals surface area contributed by atoms with Gasteiger partial charge in [0.05, 0.1) is 7.11 Å². The van der Waals surface area contributed by atoms with Gasteiger partial charge >= 0.3 is 5.92 Å². The number of anilines is 1. The Bertz CT molecular complexity index is 704. The highest BCUT2D eigenvalue weighted by atomic mass is 19.3. The summed E-state index contributed by atoms with van der Waals surface area (Å²) in [4.78, 5) is 7.44. The van der Waals surface area contributed by atoms with E-state index in [-0.39, 0.29) is 11.8 Å². The first kappa shape index (κ1) is 16.7. The van der Waals surface area contributed by atoms with E-state index in [0.717, 1.165) is 5.56 Å². The number of aliphatic imine (C=N–C) groups is 1. The Morgan fingerprint density at radius 1 is 1.30 bits per heavy atom. The second-order valence-electron chi connectivity index (χ2n) is 4.97. The highest BCUT2D eigenvalue weighted by molar-refractivity contribution is 5.92. The second-order valence-corrected chi connectivity index (χ2v) is 4.97. The Morgan fingerprint density at radius 3 is 2.74 bits per heavy atom. The van der Waals surface area contributed by atoms with Gasteiger partial charge in [-0.05, 0) is 30.7 Å². The number of hydrogen-bond acceptors (Lipinski definition) is 3. The molecular weight excluding hydrogens is 302 g/mol. The monoisotopic (exact) mass is 320 g/mol. The Morgan fingerprint density at radius 2 is 2.04 bits per heavy atom. The van der Waals surface area contributed by atoms with Crippen LogP contribution in [0.1, 0.15) is 11.3 Å². The summed E-state index contributed by atoms with van der Waals surface area (Å²) in [6, 6.07) is 11.5. The number of methoxy groups -OCH3 is 1. The molecule has 7 heteroatoms. The van der Waals surface area contributed by atoms with Crippen molar-refractivity contribution in [3.8, 4) is 5.88 Å². The maximum absolute atomic E-state index is 14.1. The summed E-state index contributed by atoms with van der Waals surface area (Å²) >= 11 is 0. The molecule has 0 saturated heterocycles. The summed E-state index contributed by atoms with van der Waals surface area (Å²) in [7, 11) is 1.37. The topological polar surface area (TPSA) is 72.5 Å². The zero-order valence-corrected chi connectivity index (χ0v) is 12.9. The minimum atomic E-state index is -3.24. The molecule has 1 aromatic carbocycles. The number of aryl methyl sites for hydroxylation is 1. The number of hydrogen-bond donors (Lipinski definition) is 2. The smallest absolute Gasteiger partial charge is 0.309 e. The van der Waals surface area contributed by atoms with Crippen molar-refractivity contribution in [1.82, 2.24) is 4.98 Å². The standard InChI is InChI=1S/C16H18F2N4O/c1-11-5-3-6-12(9-11)21-15(19)20-10-16(17,18)13-7-4-8-14(22-13)23-2/h3-9H,10H2,1-2H3,(H3,19,20,21). The summed E-state index contributed by atoms with van der Waals surface area (Å²) in [6.45, 7) is 1.11. The number of nitrogens with zero attached hydrogens (tertiary/aromatic N) is 2. The van der Waals surface area contributed by atoms with Gasteiger partial charge in [0, 0.05) is 11.8 Å². The zero-order valence-electron chi connectivity index (χ0n) is 12.9. The molecule has 23 heavy (non-hydrogen) atoms. The first-order valence-electron chi connectivity index (χ1n) is 6.93. The van der Waals surface area contributed by atoms with Gasteiger partial charge < -0.3 is 15.8 Å². The predicted octanol–water partition coefficient (Wildman–Crippen LogP) is 2.92. The average molecular weight is 320 g/mol. The van der Waals surface area contributed by atoms with Crippen LogP contribution in [0, 0.1) is 6.92 Å². The lowest BCUT2D eigenvalue weighted by Crippen LogP contribution is -2.27. The molecule has 0 bridgehead atoms. The van der Waals surface area contributed by atoms with Gasteiger partial charge in [-0.25, -0.2) is 9.98 Å². The molecule has 0 aliphatic rings. The number of ether oxygens (including phenoxy) is 1.